The summed E-state index contributed by atoms with van der Waals surface area (Å²) in [6, 6.07) is 7.23. The van der Waals surface area contributed by atoms with E-state index in [2.05, 4.69) is 27.6 Å². The van der Waals surface area contributed by atoms with Crippen molar-refractivity contribution in [3.63, 3.8) is 0 Å². The number of aromatic nitrogens is 2. The molecule has 5 heteroatoms. The van der Waals surface area contributed by atoms with Crippen molar-refractivity contribution in [2.24, 2.45) is 7.05 Å². The summed E-state index contributed by atoms with van der Waals surface area (Å²) in [5, 5.41) is 4.13. The molecule has 0 aliphatic carbocycles. The number of hydrogen-bond acceptors (Lipinski definition) is 3. The van der Waals surface area contributed by atoms with Crippen LogP contribution in [0.1, 0.15) is 21.5 Å². The van der Waals surface area contributed by atoms with Crippen molar-refractivity contribution in [1.82, 2.24) is 9.78 Å². The Morgan fingerprint density at radius 1 is 1.53 bits per heavy atom. The number of rotatable bonds is 5. The first kappa shape index (κ1) is 13.5. The molecule has 1 heterocycles. The minimum Gasteiger partial charge on any atom is -0.472 e. The van der Waals surface area contributed by atoms with E-state index in [9.17, 15) is 4.79 Å². The monoisotopic (exact) mass is 320 g/mol. The first-order valence-electron chi connectivity index (χ1n) is 5.68. The Labute approximate surface area is 119 Å². The van der Waals surface area contributed by atoms with Crippen molar-refractivity contribution in [2.75, 3.05) is 0 Å². The molecular weight excluding hydrogens is 308 g/mol. The number of hydrogen-bond donors (Lipinski definition) is 0. The highest BCUT2D eigenvalue weighted by molar-refractivity contribution is 9.18. The van der Waals surface area contributed by atoms with Crippen LogP contribution in [0.5, 0.6) is 5.88 Å². The fourth-order valence-corrected chi connectivity index (χ4v) is 2.13. The van der Waals surface area contributed by atoms with Crippen LogP contribution in [0.15, 0.2) is 37.0 Å². The maximum absolute atomic E-state index is 11.6. The lowest BCUT2D eigenvalue weighted by Crippen LogP contribution is -2.05. The molecule has 98 valence electrons. The molecule has 2 rings (SSSR count). The second-order valence-corrected chi connectivity index (χ2v) is 4.69. The Morgan fingerprint density at radius 2 is 2.32 bits per heavy atom. The van der Waals surface area contributed by atoms with E-state index in [-0.39, 0.29) is 11.3 Å². The van der Waals surface area contributed by atoms with Crippen molar-refractivity contribution in [1.29, 1.82) is 0 Å². The van der Waals surface area contributed by atoms with Crippen LogP contribution in [-0.4, -0.2) is 14.5 Å². The van der Waals surface area contributed by atoms with Gasteiger partial charge in [-0.05, 0) is 21.5 Å². The van der Waals surface area contributed by atoms with Crippen LogP contribution in [0.4, 0.5) is 0 Å². The third-order valence-electron chi connectivity index (χ3n) is 2.70. The fraction of sp³-hybridized carbons (Fsp3) is 0.143. The smallest absolute Gasteiger partial charge is 0.233 e. The van der Waals surface area contributed by atoms with Gasteiger partial charge in [-0.3, -0.25) is 9.48 Å². The van der Waals surface area contributed by atoms with Crippen LogP contribution in [0.3, 0.4) is 0 Å². The number of halogens is 1. The molecule has 0 amide bonds. The first-order valence-corrected chi connectivity index (χ1v) is 6.47. The Hall–Kier alpha value is -1.88. The first-order chi connectivity index (χ1) is 9.11. The number of carbonyl (C=O) groups is 1. The largest absolute Gasteiger partial charge is 0.472 e. The molecule has 0 saturated heterocycles. The average molecular weight is 321 g/mol. The van der Waals surface area contributed by atoms with Crippen LogP contribution in [0.2, 0.25) is 0 Å². The molecule has 4 nitrogen and oxygen atoms in total. The van der Waals surface area contributed by atoms with Gasteiger partial charge in [-0.25, -0.2) is 0 Å². The molecule has 0 atom stereocenters. The van der Waals surface area contributed by atoms with E-state index < -0.39 is 0 Å². The van der Waals surface area contributed by atoms with Gasteiger partial charge < -0.3 is 4.74 Å². The van der Waals surface area contributed by atoms with Gasteiger partial charge >= 0.3 is 0 Å². The third kappa shape index (κ3) is 3.12. The van der Waals surface area contributed by atoms with Gasteiger partial charge in [0.15, 0.2) is 0 Å². The summed E-state index contributed by atoms with van der Waals surface area (Å²) < 4.78 is 7.08. The minimum atomic E-state index is -0.171. The molecule has 0 spiro atoms. The Kier molecular flexibility index (Phi) is 4.16. The molecule has 0 fully saturated rings. The van der Waals surface area contributed by atoms with Gasteiger partial charge in [0.25, 0.3) is 0 Å². The highest BCUT2D eigenvalue weighted by atomic mass is 79.9. The molecule has 1 aromatic carbocycles. The van der Waals surface area contributed by atoms with Gasteiger partial charge in [-0.15, -0.1) is 5.10 Å². The Balaban J connectivity index is 2.27. The lowest BCUT2D eigenvalue weighted by atomic mass is 10.0. The van der Waals surface area contributed by atoms with Gasteiger partial charge in [-0.1, -0.05) is 30.9 Å². The van der Waals surface area contributed by atoms with Gasteiger partial charge in [0.1, 0.15) is 6.61 Å². The predicted octanol–water partition coefficient (Wildman–Crippen LogP) is 3.18. The molecule has 19 heavy (non-hydrogen) atoms. The Morgan fingerprint density at radius 3 is 2.89 bits per heavy atom. The van der Waals surface area contributed by atoms with Gasteiger partial charge in [-0.2, -0.15) is 0 Å². The lowest BCUT2D eigenvalue weighted by Gasteiger charge is -2.10. The molecule has 2 aromatic rings. The van der Waals surface area contributed by atoms with Crippen LogP contribution in [-0.2, 0) is 13.7 Å². The number of aryl methyl sites for hydroxylation is 1. The number of nitrogens with zero attached hydrogens (tertiary/aromatic N) is 2. The maximum Gasteiger partial charge on any atom is 0.233 e. The van der Waals surface area contributed by atoms with E-state index in [0.717, 1.165) is 11.1 Å². The van der Waals surface area contributed by atoms with Gasteiger partial charge in [0, 0.05) is 30.4 Å². The number of benzene rings is 1. The van der Waals surface area contributed by atoms with Crippen LogP contribution < -0.4 is 4.74 Å². The summed E-state index contributed by atoms with van der Waals surface area (Å²) in [6.07, 6.45) is 3.50. The number of ether oxygens (including phenoxy) is 1. The molecule has 1 aromatic heterocycles. The molecule has 0 aliphatic heterocycles. The maximum atomic E-state index is 11.6. The van der Waals surface area contributed by atoms with E-state index in [1.165, 1.54) is 0 Å². The molecule has 0 unspecified atom stereocenters. The SMILES string of the molecule is C=Cc1cccc(C(=O)Br)c1COc1ccn(C)n1. The Bertz CT molecular complexity index is 620. The average Bonchev–Trinajstić information content (AvgIpc) is 2.81. The molecule has 0 N–H and O–H groups in total. The van der Waals surface area contributed by atoms with Crippen LogP contribution in [0, 0.1) is 0 Å². The molecular formula is C14H13BrN2O2. The minimum absolute atomic E-state index is 0.171. The van der Waals surface area contributed by atoms with E-state index in [0.29, 0.717) is 11.4 Å². The quantitative estimate of drug-likeness (QED) is 0.795. The molecule has 0 aliphatic rings. The topological polar surface area (TPSA) is 44.1 Å². The van der Waals surface area contributed by atoms with Crippen molar-refractivity contribution >= 4 is 26.7 Å². The normalized spacial score (nSPS) is 10.2. The van der Waals surface area contributed by atoms with Crippen molar-refractivity contribution in [3.8, 4) is 5.88 Å². The van der Waals surface area contributed by atoms with E-state index in [1.807, 2.05) is 19.2 Å². The predicted molar refractivity (Wildman–Crippen MR) is 77.3 cm³/mol. The highest BCUT2D eigenvalue weighted by Gasteiger charge is 2.12. The van der Waals surface area contributed by atoms with E-state index in [1.54, 1.807) is 29.1 Å². The van der Waals surface area contributed by atoms with Gasteiger partial charge in [0.2, 0.25) is 10.6 Å². The summed E-state index contributed by atoms with van der Waals surface area (Å²) in [7, 11) is 1.82. The molecule has 0 saturated carbocycles. The van der Waals surface area contributed by atoms with Crippen molar-refractivity contribution in [3.05, 3.63) is 53.7 Å². The fourth-order valence-electron chi connectivity index (χ4n) is 1.76. The van der Waals surface area contributed by atoms with E-state index >= 15 is 0 Å². The lowest BCUT2D eigenvalue weighted by molar-refractivity contribution is 0.109. The summed E-state index contributed by atoms with van der Waals surface area (Å²) in [5.74, 6) is 0.523. The van der Waals surface area contributed by atoms with Crippen LogP contribution >= 0.6 is 15.9 Å². The molecule has 0 radical (unpaired) electrons. The van der Waals surface area contributed by atoms with Crippen molar-refractivity contribution in [2.45, 2.75) is 6.61 Å². The number of carbonyl (C=O) groups excluding carboxylic acids is 1. The van der Waals surface area contributed by atoms with Crippen LogP contribution in [0.25, 0.3) is 6.08 Å². The summed E-state index contributed by atoms with van der Waals surface area (Å²) in [5.41, 5.74) is 2.25. The summed E-state index contributed by atoms with van der Waals surface area (Å²) in [6.45, 7) is 4.02. The van der Waals surface area contributed by atoms with E-state index in [4.69, 9.17) is 4.74 Å². The molecule has 0 bridgehead atoms. The highest BCUT2D eigenvalue weighted by Crippen LogP contribution is 2.20. The zero-order valence-corrected chi connectivity index (χ0v) is 12.1. The summed E-state index contributed by atoms with van der Waals surface area (Å²) >= 11 is 2.98. The summed E-state index contributed by atoms with van der Waals surface area (Å²) in [4.78, 5) is 11.6. The second kappa shape index (κ2) is 5.84. The zero-order chi connectivity index (χ0) is 13.8. The second-order valence-electron chi connectivity index (χ2n) is 3.97. The van der Waals surface area contributed by atoms with Gasteiger partial charge in [0.05, 0.1) is 0 Å². The van der Waals surface area contributed by atoms with Crippen molar-refractivity contribution < 1.29 is 9.53 Å². The zero-order valence-electron chi connectivity index (χ0n) is 10.5. The third-order valence-corrected chi connectivity index (χ3v) is 3.12. The standard InChI is InChI=1S/C14H13BrN2O2/c1-3-10-5-4-6-11(14(15)18)12(10)9-19-13-7-8-17(2)16-13/h3-8H,1,9H2,2H3.